The van der Waals surface area contributed by atoms with Gasteiger partial charge in [0.15, 0.2) is 0 Å². The van der Waals surface area contributed by atoms with Gasteiger partial charge in [0, 0.05) is 17.3 Å². The first-order valence-corrected chi connectivity index (χ1v) is 6.17. The molecule has 1 rings (SSSR count). The molecule has 17 heavy (non-hydrogen) atoms. The zero-order valence-electron chi connectivity index (χ0n) is 11.1. The highest BCUT2D eigenvalue weighted by molar-refractivity contribution is 5.96. The van der Waals surface area contributed by atoms with Gasteiger partial charge in [-0.2, -0.15) is 0 Å². The molecule has 0 saturated carbocycles. The summed E-state index contributed by atoms with van der Waals surface area (Å²) >= 11 is 0. The van der Waals surface area contributed by atoms with Crippen LogP contribution in [0.25, 0.3) is 0 Å². The van der Waals surface area contributed by atoms with Gasteiger partial charge in [0.05, 0.1) is 0 Å². The molecule has 1 aromatic carbocycles. The van der Waals surface area contributed by atoms with Gasteiger partial charge in [0.2, 0.25) is 0 Å². The molecule has 3 nitrogen and oxygen atoms in total. The Hall–Kier alpha value is -1.51. The zero-order chi connectivity index (χ0) is 13.0. The van der Waals surface area contributed by atoms with E-state index in [9.17, 15) is 4.79 Å². The lowest BCUT2D eigenvalue weighted by Gasteiger charge is -2.16. The molecule has 0 aliphatic heterocycles. The number of aryl methyl sites for hydroxylation is 2. The van der Waals surface area contributed by atoms with E-state index in [0.717, 1.165) is 24.0 Å². The van der Waals surface area contributed by atoms with Gasteiger partial charge in [0.1, 0.15) is 0 Å². The van der Waals surface area contributed by atoms with E-state index >= 15 is 0 Å². The highest BCUT2D eigenvalue weighted by atomic mass is 16.1. The molecule has 0 unspecified atom stereocenters. The zero-order valence-corrected chi connectivity index (χ0v) is 11.1. The number of rotatable bonds is 4. The molecule has 94 valence electrons. The van der Waals surface area contributed by atoms with Crippen molar-refractivity contribution >= 4 is 11.6 Å². The molecule has 0 fully saturated rings. The number of amides is 1. The molecule has 0 aliphatic rings. The van der Waals surface area contributed by atoms with E-state index in [0.29, 0.717) is 11.3 Å². The fraction of sp³-hybridized carbons (Fsp3) is 0.500. The molecule has 1 amide bonds. The summed E-state index contributed by atoms with van der Waals surface area (Å²) in [6, 6.07) is 3.96. The lowest BCUT2D eigenvalue weighted by atomic mass is 10.0. The maximum absolute atomic E-state index is 12.1. The highest BCUT2D eigenvalue weighted by Crippen LogP contribution is 2.18. The van der Waals surface area contributed by atoms with Crippen LogP contribution in [0.2, 0.25) is 0 Å². The number of benzene rings is 1. The van der Waals surface area contributed by atoms with Gasteiger partial charge in [0.25, 0.3) is 5.91 Å². The Kier molecular flexibility index (Phi) is 4.55. The van der Waals surface area contributed by atoms with Crippen LogP contribution in [0.15, 0.2) is 12.1 Å². The van der Waals surface area contributed by atoms with Crippen LogP contribution in [0.3, 0.4) is 0 Å². The summed E-state index contributed by atoms with van der Waals surface area (Å²) < 4.78 is 0. The maximum Gasteiger partial charge on any atom is 0.251 e. The summed E-state index contributed by atoms with van der Waals surface area (Å²) in [6.07, 6.45) is 1.89. The third-order valence-electron chi connectivity index (χ3n) is 3.18. The van der Waals surface area contributed by atoms with Gasteiger partial charge in [-0.15, -0.1) is 0 Å². The standard InChI is InChI=1S/C14H22N2O/c1-5-11(6-2)16-14(17)12-8-13(15)10(4)7-9(12)3/h7-8,11H,5-6,15H2,1-4H3,(H,16,17). The summed E-state index contributed by atoms with van der Waals surface area (Å²) in [5.41, 5.74) is 9.18. The summed E-state index contributed by atoms with van der Waals surface area (Å²) in [5, 5.41) is 3.03. The molecule has 0 atom stereocenters. The molecular formula is C14H22N2O. The van der Waals surface area contributed by atoms with Gasteiger partial charge in [-0.05, 0) is 43.9 Å². The fourth-order valence-corrected chi connectivity index (χ4v) is 1.87. The van der Waals surface area contributed by atoms with Gasteiger partial charge in [-0.1, -0.05) is 19.9 Å². The van der Waals surface area contributed by atoms with Crippen molar-refractivity contribution in [2.24, 2.45) is 0 Å². The Labute approximate surface area is 103 Å². The summed E-state index contributed by atoms with van der Waals surface area (Å²) in [4.78, 5) is 12.1. The summed E-state index contributed by atoms with van der Waals surface area (Å²) in [5.74, 6) is -0.0251. The van der Waals surface area contributed by atoms with Crippen LogP contribution in [0, 0.1) is 13.8 Å². The lowest BCUT2D eigenvalue weighted by Crippen LogP contribution is -2.34. The predicted molar refractivity (Wildman–Crippen MR) is 72.2 cm³/mol. The fourth-order valence-electron chi connectivity index (χ4n) is 1.87. The molecule has 3 N–H and O–H groups in total. The molecule has 3 heteroatoms. The van der Waals surface area contributed by atoms with Crippen molar-refractivity contribution in [3.8, 4) is 0 Å². The van der Waals surface area contributed by atoms with Crippen molar-refractivity contribution in [1.82, 2.24) is 5.32 Å². The second-order valence-corrected chi connectivity index (χ2v) is 4.51. The van der Waals surface area contributed by atoms with Crippen LogP contribution in [0.5, 0.6) is 0 Å². The molecule has 0 spiro atoms. The first kappa shape index (κ1) is 13.6. The Morgan fingerprint density at radius 3 is 2.35 bits per heavy atom. The minimum absolute atomic E-state index is 0.0251. The number of hydrogen-bond acceptors (Lipinski definition) is 2. The third kappa shape index (κ3) is 3.22. The summed E-state index contributed by atoms with van der Waals surface area (Å²) in [6.45, 7) is 8.04. The molecular weight excluding hydrogens is 212 g/mol. The maximum atomic E-state index is 12.1. The monoisotopic (exact) mass is 234 g/mol. The number of carbonyl (C=O) groups excluding carboxylic acids is 1. The van der Waals surface area contributed by atoms with Crippen molar-refractivity contribution < 1.29 is 4.79 Å². The molecule has 0 heterocycles. The van der Waals surface area contributed by atoms with Crippen LogP contribution in [0.1, 0.15) is 48.2 Å². The smallest absolute Gasteiger partial charge is 0.251 e. The second-order valence-electron chi connectivity index (χ2n) is 4.51. The van der Waals surface area contributed by atoms with Gasteiger partial charge < -0.3 is 11.1 Å². The minimum Gasteiger partial charge on any atom is -0.398 e. The summed E-state index contributed by atoms with van der Waals surface area (Å²) in [7, 11) is 0. The number of nitrogens with two attached hydrogens (primary N) is 1. The van der Waals surface area contributed by atoms with Crippen molar-refractivity contribution in [2.45, 2.75) is 46.6 Å². The topological polar surface area (TPSA) is 55.1 Å². The first-order chi connectivity index (χ1) is 7.99. The average Bonchev–Trinajstić information content (AvgIpc) is 2.30. The van der Waals surface area contributed by atoms with E-state index in [-0.39, 0.29) is 11.9 Å². The van der Waals surface area contributed by atoms with Crippen molar-refractivity contribution in [3.05, 3.63) is 28.8 Å². The lowest BCUT2D eigenvalue weighted by molar-refractivity contribution is 0.0934. The Bertz CT molecular complexity index is 409. The molecule has 0 aromatic heterocycles. The highest BCUT2D eigenvalue weighted by Gasteiger charge is 2.13. The number of hydrogen-bond donors (Lipinski definition) is 2. The number of carbonyl (C=O) groups is 1. The Balaban J connectivity index is 2.93. The number of nitrogens with one attached hydrogen (secondary N) is 1. The van der Waals surface area contributed by atoms with Gasteiger partial charge in [-0.3, -0.25) is 4.79 Å². The second kappa shape index (κ2) is 5.71. The van der Waals surface area contributed by atoms with Crippen LogP contribution in [-0.4, -0.2) is 11.9 Å². The van der Waals surface area contributed by atoms with E-state index in [1.165, 1.54) is 0 Å². The first-order valence-electron chi connectivity index (χ1n) is 6.17. The third-order valence-corrected chi connectivity index (χ3v) is 3.18. The molecule has 0 aliphatic carbocycles. The quantitative estimate of drug-likeness (QED) is 0.787. The van der Waals surface area contributed by atoms with Crippen LogP contribution >= 0.6 is 0 Å². The largest absolute Gasteiger partial charge is 0.398 e. The Morgan fingerprint density at radius 2 is 1.82 bits per heavy atom. The average molecular weight is 234 g/mol. The van der Waals surface area contributed by atoms with Crippen LogP contribution in [-0.2, 0) is 0 Å². The van der Waals surface area contributed by atoms with Gasteiger partial charge >= 0.3 is 0 Å². The normalized spacial score (nSPS) is 10.6. The Morgan fingerprint density at radius 1 is 1.24 bits per heavy atom. The van der Waals surface area contributed by atoms with E-state index < -0.39 is 0 Å². The van der Waals surface area contributed by atoms with Crippen molar-refractivity contribution in [3.63, 3.8) is 0 Å². The van der Waals surface area contributed by atoms with Crippen LogP contribution < -0.4 is 11.1 Å². The van der Waals surface area contributed by atoms with E-state index in [2.05, 4.69) is 19.2 Å². The predicted octanol–water partition coefficient (Wildman–Crippen LogP) is 2.80. The van der Waals surface area contributed by atoms with Crippen LogP contribution in [0.4, 0.5) is 5.69 Å². The SMILES string of the molecule is CCC(CC)NC(=O)c1cc(N)c(C)cc1C. The van der Waals surface area contributed by atoms with E-state index in [1.807, 2.05) is 19.9 Å². The molecule has 0 saturated heterocycles. The van der Waals surface area contributed by atoms with Crippen molar-refractivity contribution in [1.29, 1.82) is 0 Å². The minimum atomic E-state index is -0.0251. The number of nitrogen functional groups attached to an aromatic ring is 1. The number of anilines is 1. The molecule has 0 radical (unpaired) electrons. The van der Waals surface area contributed by atoms with Crippen molar-refractivity contribution in [2.75, 3.05) is 5.73 Å². The van der Waals surface area contributed by atoms with E-state index in [4.69, 9.17) is 5.73 Å². The molecule has 1 aromatic rings. The van der Waals surface area contributed by atoms with Gasteiger partial charge in [-0.25, -0.2) is 0 Å². The molecule has 0 bridgehead atoms. The van der Waals surface area contributed by atoms with E-state index in [1.54, 1.807) is 6.07 Å².